The van der Waals surface area contributed by atoms with Crippen LogP contribution in [0.5, 0.6) is 0 Å². The van der Waals surface area contributed by atoms with E-state index in [4.69, 9.17) is 0 Å². The van der Waals surface area contributed by atoms with E-state index >= 15 is 0 Å². The molecule has 0 aliphatic heterocycles. The van der Waals surface area contributed by atoms with Crippen LogP contribution in [0.25, 0.3) is 0 Å². The van der Waals surface area contributed by atoms with Crippen molar-refractivity contribution < 1.29 is 9.59 Å². The molecular formula is C18H20N2O3S. The number of hydrogen-bond acceptors (Lipinski definition) is 4. The summed E-state index contributed by atoms with van der Waals surface area (Å²) < 4.78 is 0. The highest BCUT2D eigenvalue weighted by molar-refractivity contribution is 7.10. The molecule has 1 amide bonds. The lowest BCUT2D eigenvalue weighted by atomic mass is 9.84. The maximum atomic E-state index is 12.5. The zero-order chi connectivity index (χ0) is 17.5. The zero-order valence-electron chi connectivity index (χ0n) is 13.9. The fourth-order valence-corrected chi connectivity index (χ4v) is 3.76. The fraction of sp³-hybridized carbons (Fsp3) is 0.389. The number of carbonyl (C=O) groups is 2. The van der Waals surface area contributed by atoms with Crippen molar-refractivity contribution in [2.24, 2.45) is 0 Å². The number of thiophene rings is 1. The standard InChI is InChI=1S/C18H20N2O3S/c1-18(2,3)20-17(23)12-9-11-13(19-16(12)22)7-10(8-14(11)21)15-5-4-6-24-15/h4-6,9-10H,7-8H2,1-3H3,(H,19,22)(H,20,23). The number of aromatic amines is 1. The van der Waals surface area contributed by atoms with Crippen LogP contribution < -0.4 is 10.9 Å². The predicted molar refractivity (Wildman–Crippen MR) is 94.0 cm³/mol. The van der Waals surface area contributed by atoms with Gasteiger partial charge in [0.05, 0.1) is 0 Å². The number of H-pyrrole nitrogens is 1. The van der Waals surface area contributed by atoms with Crippen LogP contribution in [0.3, 0.4) is 0 Å². The van der Waals surface area contributed by atoms with Crippen LogP contribution in [0.1, 0.15) is 64.4 Å². The third kappa shape index (κ3) is 3.33. The maximum absolute atomic E-state index is 12.5. The Morgan fingerprint density at radius 1 is 1.29 bits per heavy atom. The van der Waals surface area contributed by atoms with Gasteiger partial charge in [0, 0.05) is 34.0 Å². The molecule has 1 aliphatic carbocycles. The predicted octanol–water partition coefficient (Wildman–Crippen LogP) is 2.88. The fourth-order valence-electron chi connectivity index (χ4n) is 2.93. The Morgan fingerprint density at radius 3 is 2.67 bits per heavy atom. The summed E-state index contributed by atoms with van der Waals surface area (Å²) in [5, 5.41) is 4.74. The molecule has 2 aromatic rings. The first-order chi connectivity index (χ1) is 11.2. The van der Waals surface area contributed by atoms with Crippen LogP contribution in [0.15, 0.2) is 28.4 Å². The Kier molecular flexibility index (Phi) is 4.17. The SMILES string of the molecule is CC(C)(C)NC(=O)c1cc2c([nH]c1=O)CC(c1cccs1)CC2=O. The summed E-state index contributed by atoms with van der Waals surface area (Å²) in [5.41, 5.74) is 0.179. The third-order valence-corrected chi connectivity index (χ3v) is 5.02. The molecule has 5 nitrogen and oxygen atoms in total. The summed E-state index contributed by atoms with van der Waals surface area (Å²) in [4.78, 5) is 41.0. The van der Waals surface area contributed by atoms with Gasteiger partial charge in [0.2, 0.25) is 0 Å². The van der Waals surface area contributed by atoms with Crippen molar-refractivity contribution in [2.45, 2.75) is 45.1 Å². The van der Waals surface area contributed by atoms with Gasteiger partial charge in [0.25, 0.3) is 11.5 Å². The first-order valence-corrected chi connectivity index (χ1v) is 8.78. The molecule has 0 aromatic carbocycles. The number of amides is 1. The number of carbonyl (C=O) groups excluding carboxylic acids is 2. The average molecular weight is 344 g/mol. The third-order valence-electron chi connectivity index (χ3n) is 3.98. The highest BCUT2D eigenvalue weighted by atomic mass is 32.1. The van der Waals surface area contributed by atoms with Crippen molar-refractivity contribution in [1.82, 2.24) is 10.3 Å². The van der Waals surface area contributed by atoms with Crippen LogP contribution in [0.2, 0.25) is 0 Å². The van der Waals surface area contributed by atoms with Gasteiger partial charge in [-0.1, -0.05) is 6.07 Å². The van der Waals surface area contributed by atoms with Crippen molar-refractivity contribution in [1.29, 1.82) is 0 Å². The molecule has 1 aliphatic rings. The van der Waals surface area contributed by atoms with E-state index in [0.717, 1.165) is 4.88 Å². The molecule has 0 radical (unpaired) electrons. The van der Waals surface area contributed by atoms with Crippen LogP contribution in [0.4, 0.5) is 0 Å². The molecule has 0 spiro atoms. The summed E-state index contributed by atoms with van der Waals surface area (Å²) in [6.07, 6.45) is 1.01. The minimum Gasteiger partial charge on any atom is -0.347 e. The van der Waals surface area contributed by atoms with Crippen LogP contribution in [-0.4, -0.2) is 22.2 Å². The van der Waals surface area contributed by atoms with Gasteiger partial charge in [-0.05, 0) is 44.7 Å². The summed E-state index contributed by atoms with van der Waals surface area (Å²) in [6.45, 7) is 5.52. The molecule has 0 fully saturated rings. The van der Waals surface area contributed by atoms with Gasteiger partial charge >= 0.3 is 0 Å². The van der Waals surface area contributed by atoms with Gasteiger partial charge in [-0.3, -0.25) is 14.4 Å². The van der Waals surface area contributed by atoms with E-state index in [1.165, 1.54) is 6.07 Å². The molecule has 1 atom stereocenters. The molecule has 3 rings (SSSR count). The normalized spacial score (nSPS) is 17.5. The van der Waals surface area contributed by atoms with E-state index in [-0.39, 0.29) is 17.3 Å². The molecule has 0 saturated heterocycles. The summed E-state index contributed by atoms with van der Waals surface area (Å²) in [7, 11) is 0. The lowest BCUT2D eigenvalue weighted by molar-refractivity contribution is 0.0918. The monoisotopic (exact) mass is 344 g/mol. The lowest BCUT2D eigenvalue weighted by Gasteiger charge is -2.24. The van der Waals surface area contributed by atoms with Crippen molar-refractivity contribution in [2.75, 3.05) is 0 Å². The quantitative estimate of drug-likeness (QED) is 0.879. The molecule has 6 heteroatoms. The first kappa shape index (κ1) is 16.6. The second kappa shape index (κ2) is 6.02. The molecule has 0 bridgehead atoms. The molecule has 1 unspecified atom stereocenters. The number of rotatable bonds is 2. The van der Waals surface area contributed by atoms with Crippen LogP contribution >= 0.6 is 11.3 Å². The second-order valence-electron chi connectivity index (χ2n) is 7.15. The molecule has 2 aromatic heterocycles. The molecule has 24 heavy (non-hydrogen) atoms. The molecule has 126 valence electrons. The van der Waals surface area contributed by atoms with Gasteiger partial charge in [0.1, 0.15) is 5.56 Å². The Bertz CT molecular complexity index is 844. The number of hydrogen-bond donors (Lipinski definition) is 2. The van der Waals surface area contributed by atoms with E-state index in [0.29, 0.717) is 24.1 Å². The highest BCUT2D eigenvalue weighted by Crippen LogP contribution is 2.33. The van der Waals surface area contributed by atoms with E-state index in [1.54, 1.807) is 11.3 Å². The van der Waals surface area contributed by atoms with Crippen molar-refractivity contribution in [3.05, 3.63) is 55.6 Å². The van der Waals surface area contributed by atoms with Crippen molar-refractivity contribution in [3.8, 4) is 0 Å². The summed E-state index contributed by atoms with van der Waals surface area (Å²) >= 11 is 1.62. The number of nitrogens with one attached hydrogen (secondary N) is 2. The molecule has 2 heterocycles. The number of pyridine rings is 1. The molecule has 0 saturated carbocycles. The van der Waals surface area contributed by atoms with Gasteiger partial charge in [-0.25, -0.2) is 0 Å². The Morgan fingerprint density at radius 2 is 2.04 bits per heavy atom. The molecular weight excluding hydrogens is 324 g/mol. The number of aromatic nitrogens is 1. The zero-order valence-corrected chi connectivity index (χ0v) is 14.8. The second-order valence-corrected chi connectivity index (χ2v) is 8.13. The topological polar surface area (TPSA) is 79.0 Å². The van der Waals surface area contributed by atoms with Gasteiger partial charge in [-0.2, -0.15) is 0 Å². The van der Waals surface area contributed by atoms with E-state index in [9.17, 15) is 14.4 Å². The Hall–Kier alpha value is -2.21. The lowest BCUT2D eigenvalue weighted by Crippen LogP contribution is -2.43. The molecule has 2 N–H and O–H groups in total. The van der Waals surface area contributed by atoms with Crippen molar-refractivity contribution >= 4 is 23.0 Å². The van der Waals surface area contributed by atoms with Gasteiger partial charge in [0.15, 0.2) is 5.78 Å². The highest BCUT2D eigenvalue weighted by Gasteiger charge is 2.29. The Labute approximate surface area is 144 Å². The van der Waals surface area contributed by atoms with E-state index in [1.807, 2.05) is 38.3 Å². The minimum atomic E-state index is -0.459. The minimum absolute atomic E-state index is 0.00778. The number of fused-ring (bicyclic) bond motifs is 1. The van der Waals surface area contributed by atoms with Gasteiger partial charge < -0.3 is 10.3 Å². The van der Waals surface area contributed by atoms with Crippen molar-refractivity contribution in [3.63, 3.8) is 0 Å². The largest absolute Gasteiger partial charge is 0.347 e. The van der Waals surface area contributed by atoms with Crippen LogP contribution in [-0.2, 0) is 6.42 Å². The first-order valence-electron chi connectivity index (χ1n) is 7.90. The summed E-state index contributed by atoms with van der Waals surface area (Å²) in [5.74, 6) is -0.398. The summed E-state index contributed by atoms with van der Waals surface area (Å²) in [6, 6.07) is 5.42. The average Bonchev–Trinajstić information content (AvgIpc) is 2.98. The van der Waals surface area contributed by atoms with E-state index in [2.05, 4.69) is 10.3 Å². The number of Topliss-reactive ketones (excluding diaryl/α,β-unsaturated/α-hetero) is 1. The smallest absolute Gasteiger partial charge is 0.261 e. The van der Waals surface area contributed by atoms with E-state index < -0.39 is 17.0 Å². The Balaban J connectivity index is 1.95. The van der Waals surface area contributed by atoms with Crippen LogP contribution in [0, 0.1) is 0 Å². The van der Waals surface area contributed by atoms with Gasteiger partial charge in [-0.15, -0.1) is 11.3 Å². The number of ketones is 1. The maximum Gasteiger partial charge on any atom is 0.261 e.